The maximum absolute atomic E-state index is 12.4. The number of halogens is 3. The van der Waals surface area contributed by atoms with E-state index in [1.54, 1.807) is 37.3 Å². The highest BCUT2D eigenvalue weighted by Crippen LogP contribution is 2.32. The molecule has 1 aromatic heterocycles. The van der Waals surface area contributed by atoms with Gasteiger partial charge in [0.1, 0.15) is 0 Å². The molecule has 0 fully saturated rings. The predicted octanol–water partition coefficient (Wildman–Crippen LogP) is 4.06. The molecule has 1 N–H and O–H groups in total. The second-order valence-electron chi connectivity index (χ2n) is 4.19. The van der Waals surface area contributed by atoms with Crippen LogP contribution in [0.25, 0.3) is 11.1 Å². The van der Waals surface area contributed by atoms with E-state index in [9.17, 15) is 13.9 Å². The van der Waals surface area contributed by atoms with E-state index in [0.717, 1.165) is 0 Å². The zero-order valence-electron chi connectivity index (χ0n) is 10.6. The Morgan fingerprint density at radius 1 is 1.30 bits per heavy atom. The third kappa shape index (κ3) is 3.43. The van der Waals surface area contributed by atoms with Crippen LogP contribution in [0, 0.1) is 0 Å². The van der Waals surface area contributed by atoms with Gasteiger partial charge in [0.05, 0.1) is 6.10 Å². The fraction of sp³-hybridized carbons (Fsp3) is 0.214. The van der Waals surface area contributed by atoms with Crippen LogP contribution in [-0.2, 0) is 0 Å². The standard InChI is InChI=1S/C14H12ClF2NO2/c1-8(19)10-6-12(9-3-2-4-11(15)5-9)13(18-7-10)20-14(16)17/h2-8,14,19H,1H3. The molecule has 0 spiro atoms. The van der Waals surface area contributed by atoms with Crippen molar-refractivity contribution in [2.45, 2.75) is 19.6 Å². The molecule has 1 unspecified atom stereocenters. The van der Waals surface area contributed by atoms with Gasteiger partial charge in [0.15, 0.2) is 0 Å². The molecule has 0 amide bonds. The summed E-state index contributed by atoms with van der Waals surface area (Å²) in [6.07, 6.45) is 0.539. The van der Waals surface area contributed by atoms with Crippen molar-refractivity contribution in [1.29, 1.82) is 0 Å². The van der Waals surface area contributed by atoms with Crippen molar-refractivity contribution in [3.05, 3.63) is 47.1 Å². The van der Waals surface area contributed by atoms with Crippen LogP contribution in [0.4, 0.5) is 8.78 Å². The van der Waals surface area contributed by atoms with E-state index in [4.69, 9.17) is 11.6 Å². The molecule has 6 heteroatoms. The summed E-state index contributed by atoms with van der Waals surface area (Å²) in [6, 6.07) is 8.24. The molecule has 0 bridgehead atoms. The molecule has 0 aliphatic rings. The summed E-state index contributed by atoms with van der Waals surface area (Å²) in [5.41, 5.74) is 1.44. The Bertz CT molecular complexity index is 605. The lowest BCUT2D eigenvalue weighted by Gasteiger charge is -2.13. The van der Waals surface area contributed by atoms with Gasteiger partial charge in [-0.25, -0.2) is 4.98 Å². The van der Waals surface area contributed by atoms with Gasteiger partial charge < -0.3 is 9.84 Å². The van der Waals surface area contributed by atoms with Crippen LogP contribution in [0.3, 0.4) is 0 Å². The van der Waals surface area contributed by atoms with Gasteiger partial charge in [-0.2, -0.15) is 8.78 Å². The lowest BCUT2D eigenvalue weighted by molar-refractivity contribution is -0.0524. The normalized spacial score (nSPS) is 12.5. The number of hydrogen-bond acceptors (Lipinski definition) is 3. The van der Waals surface area contributed by atoms with Crippen molar-refractivity contribution in [1.82, 2.24) is 4.98 Å². The first-order valence-electron chi connectivity index (χ1n) is 5.86. The first-order chi connectivity index (χ1) is 9.47. The molecule has 2 aromatic rings. The zero-order valence-corrected chi connectivity index (χ0v) is 11.3. The summed E-state index contributed by atoms with van der Waals surface area (Å²) in [4.78, 5) is 3.84. The SMILES string of the molecule is CC(O)c1cnc(OC(F)F)c(-c2cccc(Cl)c2)c1. The van der Waals surface area contributed by atoms with E-state index < -0.39 is 12.7 Å². The van der Waals surface area contributed by atoms with Gasteiger partial charge in [-0.1, -0.05) is 23.7 Å². The number of pyridine rings is 1. The fourth-order valence-electron chi connectivity index (χ4n) is 1.74. The Kier molecular flexibility index (Phi) is 4.52. The Morgan fingerprint density at radius 3 is 2.65 bits per heavy atom. The van der Waals surface area contributed by atoms with Crippen LogP contribution in [0.15, 0.2) is 36.5 Å². The summed E-state index contributed by atoms with van der Waals surface area (Å²) in [6.45, 7) is -1.41. The molecular formula is C14H12ClF2NO2. The van der Waals surface area contributed by atoms with E-state index in [2.05, 4.69) is 9.72 Å². The molecular weight excluding hydrogens is 288 g/mol. The number of rotatable bonds is 4. The van der Waals surface area contributed by atoms with Gasteiger partial charge in [-0.05, 0) is 36.2 Å². The smallest absolute Gasteiger partial charge is 0.388 e. The molecule has 1 aromatic carbocycles. The molecule has 1 heterocycles. The fourth-order valence-corrected chi connectivity index (χ4v) is 1.93. The number of aliphatic hydroxyl groups is 1. The Morgan fingerprint density at radius 2 is 2.05 bits per heavy atom. The van der Waals surface area contributed by atoms with E-state index in [0.29, 0.717) is 21.7 Å². The second-order valence-corrected chi connectivity index (χ2v) is 4.62. The quantitative estimate of drug-likeness (QED) is 0.926. The first-order valence-corrected chi connectivity index (χ1v) is 6.24. The molecule has 106 valence electrons. The van der Waals surface area contributed by atoms with Crippen LogP contribution >= 0.6 is 11.6 Å². The molecule has 0 saturated carbocycles. The molecule has 3 nitrogen and oxygen atoms in total. The first kappa shape index (κ1) is 14.7. The minimum atomic E-state index is -2.97. The maximum Gasteiger partial charge on any atom is 0.388 e. The van der Waals surface area contributed by atoms with Crippen molar-refractivity contribution in [2.75, 3.05) is 0 Å². The zero-order chi connectivity index (χ0) is 14.7. The van der Waals surface area contributed by atoms with Crippen molar-refractivity contribution in [3.63, 3.8) is 0 Å². The number of alkyl halides is 2. The largest absolute Gasteiger partial charge is 0.416 e. The molecule has 0 aliphatic heterocycles. The van der Waals surface area contributed by atoms with Crippen LogP contribution in [-0.4, -0.2) is 16.7 Å². The topological polar surface area (TPSA) is 42.4 Å². The number of aliphatic hydroxyl groups excluding tert-OH is 1. The Balaban J connectivity index is 2.54. The Labute approximate surface area is 119 Å². The molecule has 1 atom stereocenters. The summed E-state index contributed by atoms with van der Waals surface area (Å²) in [5.74, 6) is -0.202. The van der Waals surface area contributed by atoms with Crippen LogP contribution in [0.5, 0.6) is 5.88 Å². The van der Waals surface area contributed by atoms with E-state index in [-0.39, 0.29) is 5.88 Å². The number of benzene rings is 1. The minimum absolute atomic E-state index is 0.202. The third-order valence-corrected chi connectivity index (χ3v) is 2.93. The van der Waals surface area contributed by atoms with Gasteiger partial charge in [-0.15, -0.1) is 0 Å². The number of hydrogen-bond donors (Lipinski definition) is 1. The third-order valence-electron chi connectivity index (χ3n) is 2.69. The molecule has 0 radical (unpaired) electrons. The summed E-state index contributed by atoms with van der Waals surface area (Å²) >= 11 is 5.90. The van der Waals surface area contributed by atoms with Gasteiger partial charge in [0, 0.05) is 16.8 Å². The summed E-state index contributed by atoms with van der Waals surface area (Å²) in [5, 5.41) is 10.0. The predicted molar refractivity (Wildman–Crippen MR) is 71.9 cm³/mol. The molecule has 0 saturated heterocycles. The summed E-state index contributed by atoms with van der Waals surface area (Å²) in [7, 11) is 0. The number of aromatic nitrogens is 1. The second kappa shape index (κ2) is 6.15. The lowest BCUT2D eigenvalue weighted by Crippen LogP contribution is -2.06. The molecule has 2 rings (SSSR count). The van der Waals surface area contributed by atoms with Crippen molar-refractivity contribution in [2.24, 2.45) is 0 Å². The highest BCUT2D eigenvalue weighted by atomic mass is 35.5. The van der Waals surface area contributed by atoms with Crippen molar-refractivity contribution < 1.29 is 18.6 Å². The average Bonchev–Trinajstić information content (AvgIpc) is 2.38. The number of ether oxygens (including phenoxy) is 1. The van der Waals surface area contributed by atoms with Crippen LogP contribution in [0.1, 0.15) is 18.6 Å². The van der Waals surface area contributed by atoms with Gasteiger partial charge in [0.2, 0.25) is 5.88 Å². The monoisotopic (exact) mass is 299 g/mol. The Hall–Kier alpha value is -1.72. The van der Waals surface area contributed by atoms with Crippen LogP contribution in [0.2, 0.25) is 5.02 Å². The molecule has 0 aliphatic carbocycles. The van der Waals surface area contributed by atoms with E-state index in [1.165, 1.54) is 6.20 Å². The maximum atomic E-state index is 12.4. The lowest BCUT2D eigenvalue weighted by atomic mass is 10.0. The van der Waals surface area contributed by atoms with Crippen LogP contribution < -0.4 is 4.74 Å². The van der Waals surface area contributed by atoms with E-state index in [1.807, 2.05) is 0 Å². The number of nitrogens with zero attached hydrogens (tertiary/aromatic N) is 1. The van der Waals surface area contributed by atoms with Crippen molar-refractivity contribution in [3.8, 4) is 17.0 Å². The summed E-state index contributed by atoms with van der Waals surface area (Å²) < 4.78 is 29.2. The minimum Gasteiger partial charge on any atom is -0.416 e. The van der Waals surface area contributed by atoms with Gasteiger partial charge >= 0.3 is 6.61 Å². The van der Waals surface area contributed by atoms with Gasteiger partial charge in [0.25, 0.3) is 0 Å². The highest BCUT2D eigenvalue weighted by Gasteiger charge is 2.15. The van der Waals surface area contributed by atoms with Gasteiger partial charge in [-0.3, -0.25) is 0 Å². The highest BCUT2D eigenvalue weighted by molar-refractivity contribution is 6.30. The molecule has 20 heavy (non-hydrogen) atoms. The van der Waals surface area contributed by atoms with E-state index >= 15 is 0 Å². The van der Waals surface area contributed by atoms with Crippen molar-refractivity contribution >= 4 is 11.6 Å². The average molecular weight is 300 g/mol.